The summed E-state index contributed by atoms with van der Waals surface area (Å²) in [5, 5.41) is 9.39. The van der Waals surface area contributed by atoms with E-state index in [1.165, 1.54) is 50.2 Å². The van der Waals surface area contributed by atoms with E-state index in [4.69, 9.17) is 4.74 Å². The van der Waals surface area contributed by atoms with Crippen molar-refractivity contribution >= 4 is 21.4 Å². The average molecular weight is 515 g/mol. The zero-order valence-corrected chi connectivity index (χ0v) is 21.5. The second-order valence-corrected chi connectivity index (χ2v) is 11.7. The highest BCUT2D eigenvalue weighted by Crippen LogP contribution is 2.30. The summed E-state index contributed by atoms with van der Waals surface area (Å²) in [5.74, 6) is 0.329. The molecule has 0 aliphatic heterocycles. The molecule has 6 nitrogen and oxygen atoms in total. The summed E-state index contributed by atoms with van der Waals surface area (Å²) < 4.78 is 30.5. The fourth-order valence-electron chi connectivity index (χ4n) is 3.75. The highest BCUT2D eigenvalue weighted by Gasteiger charge is 2.43. The molecule has 0 aromatic heterocycles. The topological polar surface area (TPSA) is 97.7 Å². The summed E-state index contributed by atoms with van der Waals surface area (Å²) in [7, 11) is -3.92. The summed E-state index contributed by atoms with van der Waals surface area (Å²) in [5.41, 5.74) is 2.11. The molecule has 37 heavy (non-hydrogen) atoms. The number of rotatable bonds is 8. The molecular weight excluding hydrogens is 488 g/mol. The van der Waals surface area contributed by atoms with Crippen LogP contribution in [0.3, 0.4) is 0 Å². The van der Waals surface area contributed by atoms with Crippen molar-refractivity contribution < 1.29 is 27.9 Å². The van der Waals surface area contributed by atoms with Gasteiger partial charge in [-0.1, -0.05) is 17.7 Å². The highest BCUT2D eigenvalue weighted by atomic mass is 32.2. The van der Waals surface area contributed by atoms with E-state index >= 15 is 0 Å². The molecule has 0 heterocycles. The van der Waals surface area contributed by atoms with Crippen LogP contribution in [0.2, 0.25) is 0 Å². The Kier molecular flexibility index (Phi) is 7.01. The van der Waals surface area contributed by atoms with Crippen LogP contribution in [-0.4, -0.2) is 29.8 Å². The van der Waals surface area contributed by atoms with Gasteiger partial charge in [0.05, 0.1) is 4.90 Å². The van der Waals surface area contributed by atoms with Gasteiger partial charge in [0.2, 0.25) is 0 Å². The van der Waals surface area contributed by atoms with Gasteiger partial charge in [0, 0.05) is 16.7 Å². The van der Waals surface area contributed by atoms with Crippen molar-refractivity contribution in [1.82, 2.24) is 0 Å². The summed E-state index contributed by atoms with van der Waals surface area (Å²) in [6, 6.07) is 25.3. The Balaban J connectivity index is 1.46. The van der Waals surface area contributed by atoms with E-state index in [-0.39, 0.29) is 22.0 Å². The molecule has 4 rings (SSSR count). The van der Waals surface area contributed by atoms with Crippen LogP contribution in [0, 0.1) is 6.92 Å². The number of Topliss-reactive ketones (excluding diaryl/α,β-unsaturated/α-hetero) is 1. The molecule has 0 atom stereocenters. The predicted octanol–water partition coefficient (Wildman–Crippen LogP) is 6.16. The summed E-state index contributed by atoms with van der Waals surface area (Å²) in [6.07, 6.45) is 0. The number of phenols is 1. The van der Waals surface area contributed by atoms with Crippen LogP contribution in [0.5, 0.6) is 17.2 Å². The minimum absolute atomic E-state index is 0.0875. The standard InChI is InChI=1S/C30H26O6S/c1-20-4-18-27(19-5-20)37(34,35)30(2,3)29(33)23-10-16-26(17-11-23)36-25-14-8-22(9-15-25)28(32)21-6-12-24(31)13-7-21/h4-19,31H,1-3H3. The number of sulfone groups is 1. The lowest BCUT2D eigenvalue weighted by Crippen LogP contribution is -2.40. The number of ether oxygens (including phenoxy) is 1. The third-order valence-electron chi connectivity index (χ3n) is 6.15. The lowest BCUT2D eigenvalue weighted by molar-refractivity contribution is 0.0953. The molecule has 0 amide bonds. The Labute approximate surface area is 216 Å². The minimum atomic E-state index is -3.92. The first-order valence-electron chi connectivity index (χ1n) is 11.6. The van der Waals surface area contributed by atoms with Gasteiger partial charge in [-0.3, -0.25) is 9.59 Å². The second-order valence-electron chi connectivity index (χ2n) is 9.18. The van der Waals surface area contributed by atoms with Crippen molar-refractivity contribution in [1.29, 1.82) is 0 Å². The van der Waals surface area contributed by atoms with E-state index in [9.17, 15) is 23.1 Å². The average Bonchev–Trinajstić information content (AvgIpc) is 2.89. The van der Waals surface area contributed by atoms with Crippen LogP contribution >= 0.6 is 0 Å². The van der Waals surface area contributed by atoms with Crippen molar-refractivity contribution in [2.75, 3.05) is 0 Å². The number of ketones is 2. The maximum absolute atomic E-state index is 13.2. The first-order valence-corrected chi connectivity index (χ1v) is 13.1. The molecule has 188 valence electrons. The predicted molar refractivity (Wildman–Crippen MR) is 141 cm³/mol. The number of hydrogen-bond acceptors (Lipinski definition) is 6. The first-order chi connectivity index (χ1) is 17.5. The van der Waals surface area contributed by atoms with Gasteiger partial charge in [0.15, 0.2) is 21.4 Å². The molecule has 0 unspecified atom stereocenters. The van der Waals surface area contributed by atoms with Gasteiger partial charge >= 0.3 is 0 Å². The second kappa shape index (κ2) is 10.0. The van der Waals surface area contributed by atoms with Crippen molar-refractivity contribution in [3.8, 4) is 17.2 Å². The molecule has 1 N–H and O–H groups in total. The Morgan fingerprint density at radius 1 is 0.676 bits per heavy atom. The molecule has 4 aromatic rings. The minimum Gasteiger partial charge on any atom is -0.508 e. The maximum atomic E-state index is 13.2. The molecule has 0 aliphatic rings. The van der Waals surface area contributed by atoms with Crippen molar-refractivity contribution in [3.63, 3.8) is 0 Å². The third kappa shape index (κ3) is 5.32. The smallest absolute Gasteiger partial charge is 0.193 e. The van der Waals surface area contributed by atoms with E-state index in [2.05, 4.69) is 0 Å². The van der Waals surface area contributed by atoms with E-state index in [1.807, 2.05) is 6.92 Å². The highest BCUT2D eigenvalue weighted by molar-refractivity contribution is 7.93. The van der Waals surface area contributed by atoms with Crippen molar-refractivity contribution in [2.45, 2.75) is 30.4 Å². The number of phenolic OH excluding ortho intramolecular Hbond substituents is 1. The van der Waals surface area contributed by atoms with Crippen LogP contribution in [-0.2, 0) is 9.84 Å². The van der Waals surface area contributed by atoms with Crippen LogP contribution < -0.4 is 4.74 Å². The molecule has 0 aliphatic carbocycles. The van der Waals surface area contributed by atoms with Gasteiger partial charge in [0.1, 0.15) is 22.0 Å². The van der Waals surface area contributed by atoms with E-state index < -0.39 is 20.4 Å². The molecule has 0 fully saturated rings. The lowest BCUT2D eigenvalue weighted by Gasteiger charge is -2.23. The SMILES string of the molecule is Cc1ccc(S(=O)(=O)C(C)(C)C(=O)c2ccc(Oc3ccc(C(=O)c4ccc(O)cc4)cc3)cc2)cc1. The van der Waals surface area contributed by atoms with Gasteiger partial charge < -0.3 is 9.84 Å². The number of hydrogen-bond donors (Lipinski definition) is 1. The number of aromatic hydroxyl groups is 1. The summed E-state index contributed by atoms with van der Waals surface area (Å²) in [6.45, 7) is 4.69. The monoisotopic (exact) mass is 514 g/mol. The molecule has 0 radical (unpaired) electrons. The molecule has 4 aromatic carbocycles. The van der Waals surface area contributed by atoms with Gasteiger partial charge in [-0.15, -0.1) is 0 Å². The Morgan fingerprint density at radius 2 is 1.11 bits per heavy atom. The maximum Gasteiger partial charge on any atom is 0.193 e. The fraction of sp³-hybridized carbons (Fsp3) is 0.133. The van der Waals surface area contributed by atoms with Crippen molar-refractivity contribution in [2.24, 2.45) is 0 Å². The molecule has 0 saturated carbocycles. The largest absolute Gasteiger partial charge is 0.508 e. The first kappa shape index (κ1) is 25.9. The van der Waals surface area contributed by atoms with Gasteiger partial charge in [0.25, 0.3) is 0 Å². The summed E-state index contributed by atoms with van der Waals surface area (Å²) >= 11 is 0. The molecular formula is C30H26O6S. The molecule has 7 heteroatoms. The van der Waals surface area contributed by atoms with Gasteiger partial charge in [-0.05, 0) is 106 Å². The van der Waals surface area contributed by atoms with Crippen LogP contribution in [0.4, 0.5) is 0 Å². The number of carbonyl (C=O) groups is 2. The van der Waals surface area contributed by atoms with Gasteiger partial charge in [-0.25, -0.2) is 8.42 Å². The van der Waals surface area contributed by atoms with E-state index in [0.29, 0.717) is 22.6 Å². The van der Waals surface area contributed by atoms with E-state index in [0.717, 1.165) is 5.56 Å². The Bertz CT molecular complexity index is 1530. The number of aryl methyl sites for hydroxylation is 1. The number of benzene rings is 4. The fourth-order valence-corrected chi connectivity index (χ4v) is 5.19. The quantitative estimate of drug-likeness (QED) is 0.283. The third-order valence-corrected chi connectivity index (χ3v) is 8.57. The lowest BCUT2D eigenvalue weighted by atomic mass is 10.0. The van der Waals surface area contributed by atoms with Crippen molar-refractivity contribution in [3.05, 3.63) is 119 Å². The molecule has 0 bridgehead atoms. The zero-order chi connectivity index (χ0) is 26.8. The summed E-state index contributed by atoms with van der Waals surface area (Å²) in [4.78, 5) is 25.9. The van der Waals surface area contributed by atoms with E-state index in [1.54, 1.807) is 60.7 Å². The van der Waals surface area contributed by atoms with Crippen LogP contribution in [0.15, 0.2) is 102 Å². The molecule has 0 spiro atoms. The Hall–Kier alpha value is -4.23. The van der Waals surface area contributed by atoms with Gasteiger partial charge in [-0.2, -0.15) is 0 Å². The normalized spacial score (nSPS) is 11.6. The van der Waals surface area contributed by atoms with Crippen LogP contribution in [0.1, 0.15) is 45.7 Å². The van der Waals surface area contributed by atoms with Crippen LogP contribution in [0.25, 0.3) is 0 Å². The molecule has 0 saturated heterocycles. The number of carbonyl (C=O) groups excluding carboxylic acids is 2. The Morgan fingerprint density at radius 3 is 1.59 bits per heavy atom. The zero-order valence-electron chi connectivity index (χ0n) is 20.6.